The first-order valence-electron chi connectivity index (χ1n) is 6.35. The molecule has 0 aromatic carbocycles. The van der Waals surface area contributed by atoms with Crippen LogP contribution in [-0.4, -0.2) is 32.0 Å². The average Bonchev–Trinajstić information content (AvgIpc) is 2.38. The third-order valence-corrected chi connectivity index (χ3v) is 2.90. The smallest absolute Gasteiger partial charge is 0.327 e. The second-order valence-corrected chi connectivity index (χ2v) is 4.30. The van der Waals surface area contributed by atoms with Crippen molar-refractivity contribution in [1.82, 2.24) is 0 Å². The Morgan fingerprint density at radius 1 is 1.00 bits per heavy atom. The summed E-state index contributed by atoms with van der Waals surface area (Å²) < 4.78 is 0. The van der Waals surface area contributed by atoms with Crippen LogP contribution >= 0.6 is 0 Å². The van der Waals surface area contributed by atoms with Gasteiger partial charge in [-0.05, 0) is 6.42 Å². The Kier molecular flexibility index (Phi) is 8.50. The lowest BCUT2D eigenvalue weighted by molar-refractivity contribution is -0.772. The molecule has 0 spiro atoms. The number of nitrogens with zero attached hydrogens (tertiary/aromatic N) is 4. The van der Waals surface area contributed by atoms with Crippen LogP contribution in [0, 0.1) is 15.7 Å². The molecule has 2 N–H and O–H groups in total. The van der Waals surface area contributed by atoms with E-state index in [1.807, 2.05) is 6.92 Å². The average molecular weight is 282 g/mol. The summed E-state index contributed by atoms with van der Waals surface area (Å²) in [6.07, 6.45) is 4.54. The molecule has 0 aromatic heterocycles. The molecule has 0 aliphatic heterocycles. The third kappa shape index (κ3) is 5.56. The lowest BCUT2D eigenvalue weighted by atomic mass is 9.95. The maximum Gasteiger partial charge on any atom is 0.327 e. The molecule has 0 unspecified atom stereocenters. The second-order valence-electron chi connectivity index (χ2n) is 4.30. The van der Waals surface area contributed by atoms with Crippen LogP contribution in [0.3, 0.4) is 0 Å². The Balaban J connectivity index is 4.99. The quantitative estimate of drug-likeness (QED) is 0.362. The Hall–Kier alpha value is -2.30. The monoisotopic (exact) mass is 282 g/mol. The maximum atomic E-state index is 10.9. The maximum absolute atomic E-state index is 10.9. The second kappa shape index (κ2) is 9.61. The van der Waals surface area contributed by atoms with Crippen molar-refractivity contribution in [2.75, 3.05) is 0 Å². The molecule has 20 heavy (non-hydrogen) atoms. The summed E-state index contributed by atoms with van der Waals surface area (Å²) in [6, 6.07) is 0. The van der Waals surface area contributed by atoms with E-state index in [9.17, 15) is 9.81 Å². The first-order valence-corrected chi connectivity index (χ1v) is 6.35. The fourth-order valence-electron chi connectivity index (χ4n) is 1.86. The van der Waals surface area contributed by atoms with Crippen LogP contribution in [0.1, 0.15) is 45.4 Å². The topological polar surface area (TPSA) is 125 Å². The largest absolute Gasteiger partial charge is 0.758 e. The van der Waals surface area contributed by atoms with Crippen LogP contribution in [0.2, 0.25) is 0 Å². The molecule has 0 saturated carbocycles. The van der Waals surface area contributed by atoms with E-state index in [0.717, 1.165) is 25.7 Å². The molecule has 0 saturated heterocycles. The van der Waals surface area contributed by atoms with Gasteiger partial charge in [-0.1, -0.05) is 39.0 Å². The van der Waals surface area contributed by atoms with Crippen molar-refractivity contribution in [1.29, 1.82) is 0 Å². The summed E-state index contributed by atoms with van der Waals surface area (Å²) >= 11 is 0. The van der Waals surface area contributed by atoms with E-state index in [1.165, 1.54) is 11.7 Å². The predicted molar refractivity (Wildman–Crippen MR) is 71.5 cm³/mol. The van der Waals surface area contributed by atoms with E-state index in [1.54, 1.807) is 0 Å². The Bertz CT molecular complexity index is 426. The van der Waals surface area contributed by atoms with E-state index in [4.69, 9.17) is 21.2 Å². The highest BCUT2D eigenvalue weighted by Crippen LogP contribution is 2.24. The van der Waals surface area contributed by atoms with E-state index in [2.05, 4.69) is 0 Å². The Labute approximate surface area is 116 Å². The third-order valence-electron chi connectivity index (χ3n) is 2.90. The van der Waals surface area contributed by atoms with Crippen LogP contribution < -0.4 is 0 Å². The summed E-state index contributed by atoms with van der Waals surface area (Å²) in [7, 11) is 0. The van der Waals surface area contributed by atoms with E-state index < -0.39 is 27.2 Å². The highest BCUT2D eigenvalue weighted by atomic mass is 16.6. The van der Waals surface area contributed by atoms with Crippen LogP contribution in [-0.2, 0) is 0 Å². The molecule has 0 aromatic rings. The van der Waals surface area contributed by atoms with Crippen LogP contribution in [0.25, 0.3) is 10.8 Å². The fourth-order valence-corrected chi connectivity index (χ4v) is 1.86. The van der Waals surface area contributed by atoms with Gasteiger partial charge in [-0.15, -0.1) is 0 Å². The Morgan fingerprint density at radius 3 is 1.80 bits per heavy atom. The first-order chi connectivity index (χ1) is 9.49. The highest BCUT2D eigenvalue weighted by Gasteiger charge is 2.39. The zero-order valence-electron chi connectivity index (χ0n) is 11.3. The lowest BCUT2D eigenvalue weighted by Crippen LogP contribution is -2.21. The SMILES string of the molecule is CCCCCCCC(C(=C=[N-])[N+](=O)O)C(=C=[N-])[N+](=O)O. The van der Waals surface area contributed by atoms with Gasteiger partial charge in [0, 0.05) is 0 Å². The zero-order valence-corrected chi connectivity index (χ0v) is 11.3. The minimum absolute atomic E-state index is 0.147. The van der Waals surface area contributed by atoms with E-state index in [0.29, 0.717) is 6.42 Å². The van der Waals surface area contributed by atoms with Crippen molar-refractivity contribution in [3.63, 3.8) is 0 Å². The van der Waals surface area contributed by atoms with Gasteiger partial charge in [0.05, 0.1) is 9.81 Å². The molecule has 0 heterocycles. The highest BCUT2D eigenvalue weighted by molar-refractivity contribution is 5.64. The van der Waals surface area contributed by atoms with Crippen LogP contribution in [0.5, 0.6) is 0 Å². The van der Waals surface area contributed by atoms with Gasteiger partial charge in [0.1, 0.15) is 0 Å². The normalized spacial score (nSPS) is 11.1. The van der Waals surface area contributed by atoms with Gasteiger partial charge in [-0.3, -0.25) is 0 Å². The molecule has 8 nitrogen and oxygen atoms in total. The number of unbranched alkanes of at least 4 members (excludes halogenated alkanes) is 4. The number of hydrogen-bond donors (Lipinski definition) is 2. The van der Waals surface area contributed by atoms with Crippen molar-refractivity contribution in [3.05, 3.63) is 32.0 Å². The van der Waals surface area contributed by atoms with Crippen molar-refractivity contribution in [2.45, 2.75) is 45.4 Å². The van der Waals surface area contributed by atoms with Crippen molar-refractivity contribution >= 4 is 11.7 Å². The molecule has 0 aliphatic rings. The van der Waals surface area contributed by atoms with Gasteiger partial charge < -0.3 is 10.8 Å². The van der Waals surface area contributed by atoms with Gasteiger partial charge >= 0.3 is 11.4 Å². The summed E-state index contributed by atoms with van der Waals surface area (Å²) in [4.78, 5) is 20.4. The number of hydrogen-bond acceptors (Lipinski definition) is 2. The van der Waals surface area contributed by atoms with Gasteiger partial charge in [-0.2, -0.15) is 11.7 Å². The van der Waals surface area contributed by atoms with Crippen LogP contribution in [0.15, 0.2) is 11.4 Å². The molecule has 0 rings (SSSR count). The zero-order chi connectivity index (χ0) is 15.5. The van der Waals surface area contributed by atoms with Gasteiger partial charge in [0.25, 0.3) is 9.85 Å². The Morgan fingerprint density at radius 2 is 1.45 bits per heavy atom. The van der Waals surface area contributed by atoms with E-state index >= 15 is 0 Å². The molecule has 110 valence electrons. The summed E-state index contributed by atoms with van der Waals surface area (Å²) in [5, 5.41) is 35.3. The van der Waals surface area contributed by atoms with E-state index in [-0.39, 0.29) is 6.42 Å². The first kappa shape index (κ1) is 17.7. The summed E-state index contributed by atoms with van der Waals surface area (Å²) in [5.74, 6) is 1.70. The lowest BCUT2D eigenvalue weighted by Gasteiger charge is -2.07. The van der Waals surface area contributed by atoms with Crippen molar-refractivity contribution in [2.24, 2.45) is 5.92 Å². The van der Waals surface area contributed by atoms with Gasteiger partial charge in [0.2, 0.25) is 0 Å². The molecular formula is C12H18N4O4. The fraction of sp³-hybridized carbons (Fsp3) is 0.667. The molecule has 0 radical (unpaired) electrons. The molecular weight excluding hydrogens is 264 g/mol. The molecule has 0 aliphatic carbocycles. The standard InChI is InChI=1S/C12H18N4O4/c1-2-3-4-5-6-7-10(11(8-13)15(17)18)12(9-14)16(19)20/h10H,2-7H2,1H3,(H,17,18)(H,19,20). The van der Waals surface area contributed by atoms with Crippen molar-refractivity contribution < 1.29 is 20.3 Å². The van der Waals surface area contributed by atoms with Gasteiger partial charge in [-0.25, -0.2) is 10.4 Å². The van der Waals surface area contributed by atoms with Crippen molar-refractivity contribution in [3.8, 4) is 0 Å². The molecule has 8 heteroatoms. The molecule has 0 amide bonds. The predicted octanol–water partition coefficient (Wildman–Crippen LogP) is 2.55. The summed E-state index contributed by atoms with van der Waals surface area (Å²) in [6.45, 7) is 2.05. The van der Waals surface area contributed by atoms with Crippen LogP contribution in [0.4, 0.5) is 0 Å². The minimum Gasteiger partial charge on any atom is -0.758 e. The summed E-state index contributed by atoms with van der Waals surface area (Å²) in [5.41, 5.74) is -1.38. The molecule has 0 bridgehead atoms. The minimum atomic E-state index is -1.21. The molecule has 0 fully saturated rings. The molecule has 0 atom stereocenters. The number of rotatable bonds is 10. The van der Waals surface area contributed by atoms with Gasteiger partial charge in [0.15, 0.2) is 5.92 Å².